The molecule has 0 spiro atoms. The average Bonchev–Trinajstić information content (AvgIpc) is 3.40. The van der Waals surface area contributed by atoms with Gasteiger partial charge in [0, 0.05) is 5.69 Å². The van der Waals surface area contributed by atoms with Crippen LogP contribution in [0.2, 0.25) is 0 Å². The summed E-state index contributed by atoms with van der Waals surface area (Å²) in [6.45, 7) is 3.67. The number of hydrogen-bond acceptors (Lipinski definition) is 3. The lowest BCUT2D eigenvalue weighted by Gasteiger charge is -2.37. The Hall–Kier alpha value is -2.43. The summed E-state index contributed by atoms with van der Waals surface area (Å²) >= 11 is 0. The van der Waals surface area contributed by atoms with E-state index in [1.165, 1.54) is 4.90 Å². The Bertz CT molecular complexity index is 818. The Balaban J connectivity index is 1.35. The summed E-state index contributed by atoms with van der Waals surface area (Å²) < 4.78 is 0. The number of nitrogens with zero attached hydrogens (tertiary/aromatic N) is 1. The van der Waals surface area contributed by atoms with Crippen LogP contribution in [0, 0.1) is 49.4 Å². The number of imide groups is 1. The first kappa shape index (κ1) is 15.8. The number of anilines is 1. The normalized spacial score (nSPS) is 36.2. The van der Waals surface area contributed by atoms with Gasteiger partial charge in [0.25, 0.3) is 0 Å². The third-order valence-corrected chi connectivity index (χ3v) is 6.80. The van der Waals surface area contributed by atoms with Crippen LogP contribution in [0.25, 0.3) is 0 Å². The second-order valence-corrected chi connectivity index (χ2v) is 8.23. The first-order chi connectivity index (χ1) is 12.5. The van der Waals surface area contributed by atoms with Crippen LogP contribution in [0.5, 0.6) is 0 Å². The number of carbonyl (C=O) groups excluding carboxylic acids is 3. The van der Waals surface area contributed by atoms with Crippen LogP contribution >= 0.6 is 0 Å². The third-order valence-electron chi connectivity index (χ3n) is 6.80. The molecule has 1 saturated heterocycles. The van der Waals surface area contributed by atoms with Gasteiger partial charge in [-0.15, -0.1) is 0 Å². The number of carbonyl (C=O) groups is 3. The highest BCUT2D eigenvalue weighted by Crippen LogP contribution is 2.65. The van der Waals surface area contributed by atoms with E-state index in [0.717, 1.165) is 23.2 Å². The van der Waals surface area contributed by atoms with Gasteiger partial charge in [-0.05, 0) is 55.1 Å². The van der Waals surface area contributed by atoms with Crippen molar-refractivity contribution in [2.45, 2.75) is 20.3 Å². The van der Waals surface area contributed by atoms with Gasteiger partial charge in [0.15, 0.2) is 0 Å². The Labute approximate surface area is 152 Å². The van der Waals surface area contributed by atoms with Gasteiger partial charge in [-0.25, -0.2) is 0 Å². The molecular formula is C21H22N2O3. The van der Waals surface area contributed by atoms with Crippen LogP contribution in [0.1, 0.15) is 17.5 Å². The summed E-state index contributed by atoms with van der Waals surface area (Å²) in [4.78, 5) is 39.6. The average molecular weight is 350 g/mol. The van der Waals surface area contributed by atoms with E-state index in [4.69, 9.17) is 0 Å². The van der Waals surface area contributed by atoms with E-state index in [2.05, 4.69) is 17.5 Å². The van der Waals surface area contributed by atoms with Crippen molar-refractivity contribution >= 4 is 23.4 Å². The van der Waals surface area contributed by atoms with E-state index < -0.39 is 0 Å². The molecule has 0 aromatic heterocycles. The van der Waals surface area contributed by atoms with Crippen LogP contribution in [0.15, 0.2) is 30.4 Å². The maximum absolute atomic E-state index is 12.9. The molecule has 5 nitrogen and oxygen atoms in total. The zero-order chi connectivity index (χ0) is 18.2. The molecule has 1 aromatic rings. The number of hydrogen-bond donors (Lipinski definition) is 1. The number of likely N-dealkylation sites (tertiary alicyclic amines) is 1. The van der Waals surface area contributed by atoms with Crippen molar-refractivity contribution in [3.63, 3.8) is 0 Å². The molecule has 4 aliphatic carbocycles. The van der Waals surface area contributed by atoms with Crippen LogP contribution in [-0.4, -0.2) is 29.2 Å². The number of nitrogens with one attached hydrogen (secondary N) is 1. The first-order valence-corrected chi connectivity index (χ1v) is 9.37. The Morgan fingerprint density at radius 1 is 1.04 bits per heavy atom. The number of rotatable bonds is 3. The molecule has 134 valence electrons. The van der Waals surface area contributed by atoms with E-state index in [1.54, 1.807) is 0 Å². The fourth-order valence-electron chi connectivity index (χ4n) is 5.51. The summed E-state index contributed by atoms with van der Waals surface area (Å²) in [5, 5.41) is 2.88. The summed E-state index contributed by atoms with van der Waals surface area (Å²) in [5.74, 6) is 0.438. The van der Waals surface area contributed by atoms with Gasteiger partial charge < -0.3 is 5.32 Å². The van der Waals surface area contributed by atoms with Gasteiger partial charge >= 0.3 is 0 Å². The zero-order valence-electron chi connectivity index (χ0n) is 14.9. The standard InChI is InChI=1S/C21H22N2O3/c1-10-4-3-5-11(2)19(10)22-16(24)9-23-20(25)17-12-6-7-13(15-8-14(12)15)18(17)21(23)26/h3-7,12-15,17-18H,8-9H2,1-2H3,(H,22,24)/t12-,13-,14-,15-,17+,18+/m1/s1. The van der Waals surface area contributed by atoms with Crippen LogP contribution in [0.3, 0.4) is 0 Å². The molecular weight excluding hydrogens is 328 g/mol. The lowest BCUT2D eigenvalue weighted by Crippen LogP contribution is -2.40. The molecule has 6 atom stereocenters. The second-order valence-electron chi connectivity index (χ2n) is 8.23. The van der Waals surface area contributed by atoms with Gasteiger partial charge in [-0.2, -0.15) is 0 Å². The van der Waals surface area contributed by atoms with E-state index >= 15 is 0 Å². The molecule has 1 aromatic carbocycles. The summed E-state index contributed by atoms with van der Waals surface area (Å²) in [6, 6.07) is 5.80. The van der Waals surface area contributed by atoms with E-state index in [1.807, 2.05) is 32.0 Å². The van der Waals surface area contributed by atoms with Gasteiger partial charge in [0.1, 0.15) is 6.54 Å². The molecule has 1 aliphatic heterocycles. The van der Waals surface area contributed by atoms with Crippen LogP contribution in [-0.2, 0) is 14.4 Å². The molecule has 0 unspecified atom stereocenters. The molecule has 3 amide bonds. The summed E-state index contributed by atoms with van der Waals surface area (Å²) in [5.41, 5.74) is 2.69. The minimum atomic E-state index is -0.312. The maximum Gasteiger partial charge on any atom is 0.244 e. The largest absolute Gasteiger partial charge is 0.324 e. The zero-order valence-corrected chi connectivity index (χ0v) is 14.9. The van der Waals surface area contributed by atoms with Gasteiger partial charge in [-0.3, -0.25) is 19.3 Å². The van der Waals surface area contributed by atoms with E-state index in [9.17, 15) is 14.4 Å². The molecule has 26 heavy (non-hydrogen) atoms. The Morgan fingerprint density at radius 2 is 1.58 bits per heavy atom. The number of aryl methyl sites for hydroxylation is 2. The fraction of sp³-hybridized carbons (Fsp3) is 0.476. The summed E-state index contributed by atoms with van der Waals surface area (Å²) in [6.07, 6.45) is 5.43. The second kappa shape index (κ2) is 5.29. The predicted molar refractivity (Wildman–Crippen MR) is 96.0 cm³/mol. The fourth-order valence-corrected chi connectivity index (χ4v) is 5.51. The van der Waals surface area contributed by atoms with Crippen molar-refractivity contribution in [2.24, 2.45) is 35.5 Å². The molecule has 3 fully saturated rings. The quantitative estimate of drug-likeness (QED) is 0.672. The van der Waals surface area contributed by atoms with Crippen molar-refractivity contribution < 1.29 is 14.4 Å². The Morgan fingerprint density at radius 3 is 2.12 bits per heavy atom. The molecule has 5 heteroatoms. The number of amides is 3. The SMILES string of the molecule is Cc1cccc(C)c1NC(=O)CN1C(=O)[C@H]2[C@@H]3C=C[C@H]([C@H]4C[C@H]34)[C@@H]2C1=O. The number of benzene rings is 1. The highest BCUT2D eigenvalue weighted by Gasteiger charge is 2.67. The molecule has 5 aliphatic rings. The molecule has 6 rings (SSSR count). The van der Waals surface area contributed by atoms with E-state index in [-0.39, 0.29) is 47.9 Å². The highest BCUT2D eigenvalue weighted by molar-refractivity contribution is 6.09. The molecule has 2 saturated carbocycles. The minimum absolute atomic E-state index is 0.152. The minimum Gasteiger partial charge on any atom is -0.324 e. The Kier molecular flexibility index (Phi) is 3.21. The van der Waals surface area contributed by atoms with Crippen LogP contribution < -0.4 is 5.32 Å². The van der Waals surface area contributed by atoms with Crippen LogP contribution in [0.4, 0.5) is 5.69 Å². The highest BCUT2D eigenvalue weighted by atomic mass is 16.2. The van der Waals surface area contributed by atoms with Gasteiger partial charge in [0.2, 0.25) is 17.7 Å². The molecule has 1 N–H and O–H groups in total. The lowest BCUT2D eigenvalue weighted by atomic mass is 9.63. The van der Waals surface area contributed by atoms with Crippen molar-refractivity contribution in [2.75, 3.05) is 11.9 Å². The third kappa shape index (κ3) is 2.06. The summed E-state index contributed by atoms with van der Waals surface area (Å²) in [7, 11) is 0. The number of para-hydroxylation sites is 1. The van der Waals surface area contributed by atoms with Crippen molar-refractivity contribution in [1.29, 1.82) is 0 Å². The first-order valence-electron chi connectivity index (χ1n) is 9.37. The predicted octanol–water partition coefficient (Wildman–Crippen LogP) is 2.30. The monoisotopic (exact) mass is 350 g/mol. The molecule has 1 heterocycles. The van der Waals surface area contributed by atoms with Gasteiger partial charge in [0.05, 0.1) is 11.8 Å². The molecule has 2 bridgehead atoms. The topological polar surface area (TPSA) is 66.5 Å². The molecule has 0 radical (unpaired) electrons. The lowest BCUT2D eigenvalue weighted by molar-refractivity contribution is -0.142. The van der Waals surface area contributed by atoms with Crippen molar-refractivity contribution in [1.82, 2.24) is 4.90 Å². The maximum atomic E-state index is 12.9. The van der Waals surface area contributed by atoms with Crippen molar-refractivity contribution in [3.05, 3.63) is 41.5 Å². The van der Waals surface area contributed by atoms with Crippen molar-refractivity contribution in [3.8, 4) is 0 Å². The van der Waals surface area contributed by atoms with Gasteiger partial charge in [-0.1, -0.05) is 30.4 Å². The smallest absolute Gasteiger partial charge is 0.244 e. The van der Waals surface area contributed by atoms with E-state index in [0.29, 0.717) is 11.8 Å². The number of allylic oxidation sites excluding steroid dienone is 2.